The molecule has 0 amide bonds. The van der Waals surface area contributed by atoms with Crippen LogP contribution in [0, 0.1) is 17.7 Å². The number of rotatable bonds is 8. The van der Waals surface area contributed by atoms with Crippen LogP contribution in [-0.2, 0) is 20.7 Å². The smallest absolute Gasteiger partial charge is 0.338 e. The predicted molar refractivity (Wildman–Crippen MR) is 137 cm³/mol. The lowest BCUT2D eigenvalue weighted by Crippen LogP contribution is -2.25. The number of halogens is 1. The molecule has 3 aromatic rings. The van der Waals surface area contributed by atoms with E-state index in [1.165, 1.54) is 12.1 Å². The van der Waals surface area contributed by atoms with Gasteiger partial charge in [0.25, 0.3) is 0 Å². The van der Waals surface area contributed by atoms with Crippen LogP contribution in [0.2, 0.25) is 0 Å². The lowest BCUT2D eigenvalue weighted by Gasteiger charge is -2.20. The Morgan fingerprint density at radius 1 is 1.05 bits per heavy atom. The molecule has 1 saturated heterocycles. The minimum atomic E-state index is -0.748. The molecule has 1 heterocycles. The van der Waals surface area contributed by atoms with Crippen LogP contribution < -0.4 is 0 Å². The molecule has 3 aromatic carbocycles. The SMILES string of the molecule is O=C1C[C@@H]2[C@@H](C=C[C@@H](O)CCc3cccc(F)c3)[C@H](OC(=O)c3ccc(-c4ccccc4)cc3)C[C@@H]2O1. The highest BCUT2D eigenvalue weighted by Crippen LogP contribution is 2.43. The van der Waals surface area contributed by atoms with Crippen molar-refractivity contribution in [2.24, 2.45) is 11.8 Å². The quantitative estimate of drug-likeness (QED) is 0.326. The molecule has 1 aliphatic carbocycles. The molecule has 5 atom stereocenters. The molecule has 0 spiro atoms. The van der Waals surface area contributed by atoms with Crippen LogP contribution in [0.15, 0.2) is 91.0 Å². The molecule has 0 bridgehead atoms. The van der Waals surface area contributed by atoms with Crippen LogP contribution in [0.4, 0.5) is 4.39 Å². The van der Waals surface area contributed by atoms with Crippen LogP contribution in [-0.4, -0.2) is 35.4 Å². The van der Waals surface area contributed by atoms with Gasteiger partial charge < -0.3 is 14.6 Å². The van der Waals surface area contributed by atoms with Gasteiger partial charge in [-0.05, 0) is 53.8 Å². The van der Waals surface area contributed by atoms with Gasteiger partial charge in [-0.1, -0.05) is 66.7 Å². The molecular weight excluding hydrogens is 471 g/mol. The molecule has 2 fully saturated rings. The summed E-state index contributed by atoms with van der Waals surface area (Å²) in [5.41, 5.74) is 3.33. The zero-order chi connectivity index (χ0) is 25.8. The van der Waals surface area contributed by atoms with Crippen molar-refractivity contribution < 1.29 is 28.6 Å². The van der Waals surface area contributed by atoms with Crippen LogP contribution in [0.5, 0.6) is 0 Å². The largest absolute Gasteiger partial charge is 0.462 e. The van der Waals surface area contributed by atoms with E-state index in [4.69, 9.17) is 9.47 Å². The number of carbonyl (C=O) groups excluding carboxylic acids is 2. The first-order chi connectivity index (χ1) is 18.0. The summed E-state index contributed by atoms with van der Waals surface area (Å²) in [6.07, 6.45) is 3.66. The first kappa shape index (κ1) is 24.9. The number of benzene rings is 3. The summed E-state index contributed by atoms with van der Waals surface area (Å²) >= 11 is 0. The molecule has 0 aromatic heterocycles. The number of hydrogen-bond donors (Lipinski definition) is 1. The molecule has 2 aliphatic rings. The number of aliphatic hydroxyl groups excluding tert-OH is 1. The molecule has 6 heteroatoms. The van der Waals surface area contributed by atoms with Crippen molar-refractivity contribution in [3.05, 3.63) is 108 Å². The van der Waals surface area contributed by atoms with Gasteiger partial charge in [0.2, 0.25) is 0 Å². The summed E-state index contributed by atoms with van der Waals surface area (Å²) < 4.78 is 24.8. The molecule has 5 nitrogen and oxygen atoms in total. The van der Waals surface area contributed by atoms with E-state index >= 15 is 0 Å². The zero-order valence-electron chi connectivity index (χ0n) is 20.3. The van der Waals surface area contributed by atoms with Gasteiger partial charge in [-0.25, -0.2) is 9.18 Å². The van der Waals surface area contributed by atoms with E-state index in [2.05, 4.69) is 0 Å². The second-order valence-corrected chi connectivity index (χ2v) is 9.72. The molecule has 5 rings (SSSR count). The van der Waals surface area contributed by atoms with Gasteiger partial charge in [-0.15, -0.1) is 0 Å². The second-order valence-electron chi connectivity index (χ2n) is 9.72. The van der Waals surface area contributed by atoms with E-state index in [1.54, 1.807) is 24.3 Å². The minimum absolute atomic E-state index is 0.0996. The number of carbonyl (C=O) groups is 2. The van der Waals surface area contributed by atoms with Gasteiger partial charge in [0, 0.05) is 18.3 Å². The molecule has 0 unspecified atom stereocenters. The fourth-order valence-electron chi connectivity index (χ4n) is 5.28. The van der Waals surface area contributed by atoms with Gasteiger partial charge >= 0.3 is 11.9 Å². The Bertz CT molecular complexity index is 1270. The highest BCUT2D eigenvalue weighted by atomic mass is 19.1. The molecule has 1 aliphatic heterocycles. The van der Waals surface area contributed by atoms with Gasteiger partial charge in [0.1, 0.15) is 18.0 Å². The number of aryl methyl sites for hydroxylation is 1. The Balaban J connectivity index is 1.24. The number of ether oxygens (including phenoxy) is 2. The maximum Gasteiger partial charge on any atom is 0.338 e. The standard InChI is InChI=1S/C31H29FO5/c32-24-8-4-5-20(17-24)9-14-25(33)15-16-26-27-18-30(34)36-29(27)19-28(26)37-31(35)23-12-10-22(11-13-23)21-6-2-1-3-7-21/h1-8,10-13,15-17,25-29,33H,9,14,18-19H2/t25-,26+,27+,28+,29-/m0/s1. The van der Waals surface area contributed by atoms with E-state index in [1.807, 2.05) is 54.6 Å². The van der Waals surface area contributed by atoms with Crippen molar-refractivity contribution in [1.82, 2.24) is 0 Å². The molecule has 37 heavy (non-hydrogen) atoms. The summed E-state index contributed by atoms with van der Waals surface area (Å²) in [6, 6.07) is 23.5. The molecule has 190 valence electrons. The monoisotopic (exact) mass is 500 g/mol. The van der Waals surface area contributed by atoms with E-state index in [0.717, 1.165) is 16.7 Å². The summed E-state index contributed by atoms with van der Waals surface area (Å²) in [5.74, 6) is -1.32. The van der Waals surface area contributed by atoms with Crippen molar-refractivity contribution in [2.75, 3.05) is 0 Å². The fraction of sp³-hybridized carbons (Fsp3) is 0.290. The van der Waals surface area contributed by atoms with Gasteiger partial charge in [0.15, 0.2) is 0 Å². The summed E-state index contributed by atoms with van der Waals surface area (Å²) in [4.78, 5) is 24.9. The Morgan fingerprint density at radius 2 is 1.81 bits per heavy atom. The van der Waals surface area contributed by atoms with Crippen LogP contribution >= 0.6 is 0 Å². The Kier molecular flexibility index (Phi) is 7.47. The van der Waals surface area contributed by atoms with E-state index in [-0.39, 0.29) is 36.1 Å². The van der Waals surface area contributed by atoms with Crippen LogP contribution in [0.25, 0.3) is 11.1 Å². The molecular formula is C31H29FO5. The third kappa shape index (κ3) is 5.97. The summed E-state index contributed by atoms with van der Waals surface area (Å²) in [6.45, 7) is 0. The van der Waals surface area contributed by atoms with E-state index in [0.29, 0.717) is 24.8 Å². The first-order valence-electron chi connectivity index (χ1n) is 12.6. The van der Waals surface area contributed by atoms with Crippen molar-refractivity contribution >= 4 is 11.9 Å². The molecule has 0 radical (unpaired) electrons. The number of hydrogen-bond acceptors (Lipinski definition) is 5. The van der Waals surface area contributed by atoms with Crippen molar-refractivity contribution in [2.45, 2.75) is 44.0 Å². The molecule has 1 saturated carbocycles. The highest BCUT2D eigenvalue weighted by molar-refractivity contribution is 5.90. The zero-order valence-corrected chi connectivity index (χ0v) is 20.3. The van der Waals surface area contributed by atoms with Crippen molar-refractivity contribution in [3.63, 3.8) is 0 Å². The third-order valence-electron chi connectivity index (χ3n) is 7.21. The Hall–Kier alpha value is -3.77. The normalized spacial score (nSPS) is 23.6. The number of esters is 2. The maximum absolute atomic E-state index is 13.4. The summed E-state index contributed by atoms with van der Waals surface area (Å²) in [5, 5.41) is 10.5. The lowest BCUT2D eigenvalue weighted by molar-refractivity contribution is -0.141. The summed E-state index contributed by atoms with van der Waals surface area (Å²) in [7, 11) is 0. The van der Waals surface area contributed by atoms with Gasteiger partial charge in [-0.3, -0.25) is 4.79 Å². The second kappa shape index (κ2) is 11.1. The average molecular weight is 501 g/mol. The fourth-order valence-corrected chi connectivity index (χ4v) is 5.28. The van der Waals surface area contributed by atoms with Crippen LogP contribution in [0.3, 0.4) is 0 Å². The van der Waals surface area contributed by atoms with Crippen molar-refractivity contribution in [1.29, 1.82) is 0 Å². The maximum atomic E-state index is 13.4. The highest BCUT2D eigenvalue weighted by Gasteiger charge is 2.50. The van der Waals surface area contributed by atoms with Gasteiger partial charge in [0.05, 0.1) is 18.1 Å². The van der Waals surface area contributed by atoms with E-state index < -0.39 is 18.2 Å². The predicted octanol–water partition coefficient (Wildman–Crippen LogP) is 5.52. The average Bonchev–Trinajstić information content (AvgIpc) is 3.42. The van der Waals surface area contributed by atoms with E-state index in [9.17, 15) is 19.1 Å². The first-order valence-corrected chi connectivity index (χ1v) is 12.6. The number of fused-ring (bicyclic) bond motifs is 1. The number of aliphatic hydroxyl groups is 1. The molecule has 1 N–H and O–H groups in total. The minimum Gasteiger partial charge on any atom is -0.462 e. The topological polar surface area (TPSA) is 72.8 Å². The third-order valence-corrected chi connectivity index (χ3v) is 7.21. The Labute approximate surface area is 215 Å². The Morgan fingerprint density at radius 3 is 2.57 bits per heavy atom. The lowest BCUT2D eigenvalue weighted by atomic mass is 9.91. The van der Waals surface area contributed by atoms with Gasteiger partial charge in [-0.2, -0.15) is 0 Å². The van der Waals surface area contributed by atoms with Crippen molar-refractivity contribution in [3.8, 4) is 11.1 Å². The van der Waals surface area contributed by atoms with Crippen LogP contribution in [0.1, 0.15) is 35.2 Å².